The minimum Gasteiger partial charge on any atom is -0.307 e. The summed E-state index contributed by atoms with van der Waals surface area (Å²) in [5.41, 5.74) is 5.81. The van der Waals surface area contributed by atoms with E-state index in [-0.39, 0.29) is 6.04 Å². The van der Waals surface area contributed by atoms with Crippen molar-refractivity contribution in [3.05, 3.63) is 28.3 Å². The molecule has 25 heavy (non-hydrogen) atoms. The molecule has 138 valence electrons. The maximum absolute atomic E-state index is 12.4. The Bertz CT molecular complexity index is 755. The number of benzene rings is 1. The van der Waals surface area contributed by atoms with Gasteiger partial charge in [-0.1, -0.05) is 6.07 Å². The van der Waals surface area contributed by atoms with Gasteiger partial charge in [-0.3, -0.25) is 5.32 Å². The van der Waals surface area contributed by atoms with Crippen LogP contribution in [0.3, 0.4) is 0 Å². The lowest BCUT2D eigenvalue weighted by atomic mass is 9.99. The summed E-state index contributed by atoms with van der Waals surface area (Å²) in [4.78, 5) is 12.4. The van der Waals surface area contributed by atoms with E-state index in [0.717, 1.165) is 44.2 Å². The number of sulfonamides is 1. The summed E-state index contributed by atoms with van der Waals surface area (Å²) >= 11 is 0. The Labute approximate surface area is 149 Å². The largest absolute Gasteiger partial charge is 0.332 e. The van der Waals surface area contributed by atoms with E-state index in [4.69, 9.17) is 0 Å². The average Bonchev–Trinajstić information content (AvgIpc) is 3.14. The molecule has 1 aromatic rings. The van der Waals surface area contributed by atoms with E-state index >= 15 is 0 Å². The standard InChI is InChI=1S/C18H27N3O3S/c1-11(2)19-12(3)25(23,24)21-18(22)20-17-15-8-4-6-13(15)10-14-7-5-9-16(14)17/h10-12,19H,4-9H2,1-3H3,(H2,20,21,22). The third-order valence-corrected chi connectivity index (χ3v) is 6.52. The van der Waals surface area contributed by atoms with Gasteiger partial charge in [-0.25, -0.2) is 17.9 Å². The smallest absolute Gasteiger partial charge is 0.307 e. The molecule has 1 unspecified atom stereocenters. The maximum atomic E-state index is 12.4. The van der Waals surface area contributed by atoms with E-state index in [2.05, 4.69) is 21.4 Å². The maximum Gasteiger partial charge on any atom is 0.332 e. The lowest BCUT2D eigenvalue weighted by molar-refractivity contribution is 0.256. The molecular formula is C18H27N3O3S. The first-order chi connectivity index (χ1) is 11.8. The summed E-state index contributed by atoms with van der Waals surface area (Å²) < 4.78 is 26.8. The van der Waals surface area contributed by atoms with Gasteiger partial charge in [-0.05, 0) is 81.5 Å². The molecule has 0 spiro atoms. The van der Waals surface area contributed by atoms with E-state index in [1.54, 1.807) is 0 Å². The molecule has 2 amide bonds. The first-order valence-corrected chi connectivity index (χ1v) is 10.6. The summed E-state index contributed by atoms with van der Waals surface area (Å²) in [5, 5.41) is 4.91. The normalized spacial score (nSPS) is 17.3. The van der Waals surface area contributed by atoms with Crippen LogP contribution in [0.15, 0.2) is 6.07 Å². The molecule has 0 heterocycles. The molecule has 7 heteroatoms. The van der Waals surface area contributed by atoms with Crippen LogP contribution in [0.1, 0.15) is 55.9 Å². The topological polar surface area (TPSA) is 87.3 Å². The van der Waals surface area contributed by atoms with Gasteiger partial charge in [0.15, 0.2) is 0 Å². The first-order valence-electron chi connectivity index (χ1n) is 9.03. The molecule has 0 aliphatic heterocycles. The second-order valence-electron chi connectivity index (χ2n) is 7.30. The quantitative estimate of drug-likeness (QED) is 0.748. The van der Waals surface area contributed by atoms with Crippen LogP contribution in [0.25, 0.3) is 0 Å². The lowest BCUT2D eigenvalue weighted by Crippen LogP contribution is -2.47. The number of rotatable bonds is 5. The van der Waals surface area contributed by atoms with Crippen molar-refractivity contribution in [2.75, 3.05) is 5.32 Å². The van der Waals surface area contributed by atoms with Crippen LogP contribution in [-0.4, -0.2) is 25.9 Å². The zero-order chi connectivity index (χ0) is 18.2. The second kappa shape index (κ2) is 6.96. The van der Waals surface area contributed by atoms with Crippen molar-refractivity contribution in [1.29, 1.82) is 0 Å². The number of aryl methyl sites for hydroxylation is 2. The van der Waals surface area contributed by atoms with Gasteiger partial charge in [-0.15, -0.1) is 0 Å². The average molecular weight is 365 g/mol. The van der Waals surface area contributed by atoms with Crippen LogP contribution in [0.2, 0.25) is 0 Å². The minimum absolute atomic E-state index is 0.00954. The van der Waals surface area contributed by atoms with Gasteiger partial charge in [0.1, 0.15) is 5.37 Å². The Kier molecular flexibility index (Phi) is 5.06. The van der Waals surface area contributed by atoms with Crippen LogP contribution >= 0.6 is 0 Å². The zero-order valence-corrected chi connectivity index (χ0v) is 15.9. The Morgan fingerprint density at radius 1 is 1.00 bits per heavy atom. The van der Waals surface area contributed by atoms with Crippen molar-refractivity contribution >= 4 is 21.7 Å². The number of carbonyl (C=O) groups excluding carboxylic acids is 1. The number of nitrogens with one attached hydrogen (secondary N) is 3. The molecule has 3 N–H and O–H groups in total. The number of hydrogen-bond acceptors (Lipinski definition) is 4. The van der Waals surface area contributed by atoms with Gasteiger partial charge in [0.25, 0.3) is 10.0 Å². The van der Waals surface area contributed by atoms with Crippen LogP contribution in [0, 0.1) is 0 Å². The number of hydrogen-bond donors (Lipinski definition) is 3. The number of carbonyl (C=O) groups is 1. The number of anilines is 1. The fourth-order valence-electron chi connectivity index (χ4n) is 3.88. The summed E-state index contributed by atoms with van der Waals surface area (Å²) in [6.07, 6.45) is 6.12. The van der Waals surface area contributed by atoms with Crippen LogP contribution in [0.4, 0.5) is 10.5 Å². The van der Waals surface area contributed by atoms with Gasteiger partial charge in [0.05, 0.1) is 0 Å². The lowest BCUT2D eigenvalue weighted by Gasteiger charge is -2.20. The number of amides is 2. The third-order valence-electron chi connectivity index (χ3n) is 4.98. The monoisotopic (exact) mass is 365 g/mol. The molecule has 0 fully saturated rings. The highest BCUT2D eigenvalue weighted by Gasteiger charge is 2.27. The Hall–Kier alpha value is -1.60. The Morgan fingerprint density at radius 3 is 2.08 bits per heavy atom. The molecule has 3 rings (SSSR count). The zero-order valence-electron chi connectivity index (χ0n) is 15.1. The summed E-state index contributed by atoms with van der Waals surface area (Å²) in [6, 6.07) is 1.61. The van der Waals surface area contributed by atoms with Crippen molar-refractivity contribution in [1.82, 2.24) is 10.0 Å². The van der Waals surface area contributed by atoms with Gasteiger partial charge < -0.3 is 5.32 Å². The van der Waals surface area contributed by atoms with Crippen molar-refractivity contribution in [2.24, 2.45) is 0 Å². The van der Waals surface area contributed by atoms with Gasteiger partial charge in [0, 0.05) is 11.7 Å². The van der Waals surface area contributed by atoms with Gasteiger partial charge in [-0.2, -0.15) is 0 Å². The van der Waals surface area contributed by atoms with Crippen molar-refractivity contribution < 1.29 is 13.2 Å². The van der Waals surface area contributed by atoms with Crippen LogP contribution in [0.5, 0.6) is 0 Å². The Morgan fingerprint density at radius 2 is 1.56 bits per heavy atom. The summed E-state index contributed by atoms with van der Waals surface area (Å²) in [7, 11) is -3.78. The third kappa shape index (κ3) is 3.82. The highest BCUT2D eigenvalue weighted by molar-refractivity contribution is 7.90. The van der Waals surface area contributed by atoms with Gasteiger partial charge >= 0.3 is 6.03 Å². The van der Waals surface area contributed by atoms with Crippen molar-refractivity contribution in [3.8, 4) is 0 Å². The molecule has 2 aliphatic carbocycles. The molecule has 0 aromatic heterocycles. The predicted octanol–water partition coefficient (Wildman–Crippen LogP) is 2.46. The molecular weight excluding hydrogens is 338 g/mol. The highest BCUT2D eigenvalue weighted by atomic mass is 32.2. The molecule has 6 nitrogen and oxygen atoms in total. The van der Waals surface area contributed by atoms with E-state index in [0.29, 0.717) is 0 Å². The SMILES string of the molecule is CC(C)NC(C)S(=O)(=O)NC(=O)Nc1c2c(cc3c1CCC3)CCC2. The molecule has 0 bridgehead atoms. The molecule has 0 saturated heterocycles. The molecule has 0 saturated carbocycles. The highest BCUT2D eigenvalue weighted by Crippen LogP contribution is 2.38. The summed E-state index contributed by atoms with van der Waals surface area (Å²) in [5.74, 6) is 0. The Balaban J connectivity index is 1.78. The molecule has 1 aromatic carbocycles. The second-order valence-corrected chi connectivity index (χ2v) is 9.30. The molecule has 1 atom stereocenters. The molecule has 0 radical (unpaired) electrons. The van der Waals surface area contributed by atoms with E-state index < -0.39 is 21.4 Å². The minimum atomic E-state index is -3.78. The van der Waals surface area contributed by atoms with E-state index in [1.807, 2.05) is 13.8 Å². The molecule has 2 aliphatic rings. The van der Waals surface area contributed by atoms with Crippen LogP contribution in [-0.2, 0) is 35.7 Å². The fraction of sp³-hybridized carbons (Fsp3) is 0.611. The first kappa shape index (κ1) is 18.2. The fourth-order valence-corrected chi connectivity index (χ4v) is 4.82. The van der Waals surface area contributed by atoms with E-state index in [9.17, 15) is 13.2 Å². The summed E-state index contributed by atoms with van der Waals surface area (Å²) in [6.45, 7) is 5.26. The van der Waals surface area contributed by atoms with Crippen LogP contribution < -0.4 is 15.4 Å². The van der Waals surface area contributed by atoms with Crippen molar-refractivity contribution in [3.63, 3.8) is 0 Å². The van der Waals surface area contributed by atoms with Crippen molar-refractivity contribution in [2.45, 2.75) is 70.7 Å². The predicted molar refractivity (Wildman–Crippen MR) is 99.3 cm³/mol. The van der Waals surface area contributed by atoms with Gasteiger partial charge in [0.2, 0.25) is 0 Å². The number of fused-ring (bicyclic) bond motifs is 2. The number of urea groups is 1. The van der Waals surface area contributed by atoms with E-state index in [1.165, 1.54) is 29.2 Å².